The molecule has 0 saturated carbocycles. The summed E-state index contributed by atoms with van der Waals surface area (Å²) >= 11 is 0. The predicted molar refractivity (Wildman–Crippen MR) is 58.8 cm³/mol. The summed E-state index contributed by atoms with van der Waals surface area (Å²) in [6, 6.07) is -0.712. The Labute approximate surface area is 102 Å². The first-order valence-electron chi connectivity index (χ1n) is 5.12. The summed E-state index contributed by atoms with van der Waals surface area (Å²) in [6.07, 6.45) is 1.10. The van der Waals surface area contributed by atoms with E-state index in [0.29, 0.717) is 0 Å². The standard InChI is InChI=1S/C9H13N5O4/c1-5(2)10-9(18)11-7(15)4-14-3-6(8(16)17)12-13-14/h3,5H,4H2,1-2H3,(H,16,17)(H2,10,11,15,18). The van der Waals surface area contributed by atoms with Crippen LogP contribution in [0.3, 0.4) is 0 Å². The first kappa shape index (κ1) is 13.6. The summed E-state index contributed by atoms with van der Waals surface area (Å²) in [5.41, 5.74) is -0.269. The molecule has 0 radical (unpaired) electrons. The van der Waals surface area contributed by atoms with E-state index in [2.05, 4.69) is 20.9 Å². The molecule has 0 unspecified atom stereocenters. The van der Waals surface area contributed by atoms with Crippen molar-refractivity contribution in [2.75, 3.05) is 0 Å². The maximum Gasteiger partial charge on any atom is 0.358 e. The predicted octanol–water partition coefficient (Wildman–Crippen LogP) is -0.789. The molecule has 0 aromatic carbocycles. The highest BCUT2D eigenvalue weighted by atomic mass is 16.4. The van der Waals surface area contributed by atoms with Gasteiger partial charge < -0.3 is 10.4 Å². The van der Waals surface area contributed by atoms with Crippen LogP contribution in [0.2, 0.25) is 0 Å². The van der Waals surface area contributed by atoms with Gasteiger partial charge in [-0.1, -0.05) is 5.21 Å². The largest absolute Gasteiger partial charge is 0.476 e. The zero-order valence-electron chi connectivity index (χ0n) is 9.88. The van der Waals surface area contributed by atoms with Crippen LogP contribution in [0, 0.1) is 0 Å². The summed E-state index contributed by atoms with van der Waals surface area (Å²) in [7, 11) is 0. The van der Waals surface area contributed by atoms with E-state index < -0.39 is 17.9 Å². The number of nitrogens with zero attached hydrogens (tertiary/aromatic N) is 3. The fraction of sp³-hybridized carbons (Fsp3) is 0.444. The molecule has 1 rings (SSSR count). The molecule has 0 saturated heterocycles. The molecule has 3 amide bonds. The van der Waals surface area contributed by atoms with Gasteiger partial charge in [0.1, 0.15) is 6.54 Å². The highest BCUT2D eigenvalue weighted by Gasteiger charge is 2.12. The van der Waals surface area contributed by atoms with E-state index in [1.165, 1.54) is 0 Å². The van der Waals surface area contributed by atoms with Gasteiger partial charge in [-0.3, -0.25) is 10.1 Å². The molecule has 0 aliphatic carbocycles. The van der Waals surface area contributed by atoms with Crippen LogP contribution >= 0.6 is 0 Å². The van der Waals surface area contributed by atoms with Gasteiger partial charge >= 0.3 is 12.0 Å². The molecule has 98 valence electrons. The lowest BCUT2D eigenvalue weighted by Gasteiger charge is -2.08. The number of carbonyl (C=O) groups excluding carboxylic acids is 2. The average Bonchev–Trinajstić information content (AvgIpc) is 2.63. The minimum Gasteiger partial charge on any atom is -0.476 e. The lowest BCUT2D eigenvalue weighted by molar-refractivity contribution is -0.120. The molecule has 0 fully saturated rings. The topological polar surface area (TPSA) is 126 Å². The van der Waals surface area contributed by atoms with E-state index in [9.17, 15) is 14.4 Å². The Hall–Kier alpha value is -2.45. The molecular weight excluding hydrogens is 242 g/mol. The molecule has 0 spiro atoms. The van der Waals surface area contributed by atoms with Crippen molar-refractivity contribution < 1.29 is 19.5 Å². The normalized spacial score (nSPS) is 10.2. The minimum absolute atomic E-state index is 0.0946. The second-order valence-corrected chi connectivity index (χ2v) is 3.78. The molecule has 9 heteroatoms. The summed E-state index contributed by atoms with van der Waals surface area (Å²) in [5.74, 6) is -1.85. The third-order valence-electron chi connectivity index (χ3n) is 1.74. The molecule has 18 heavy (non-hydrogen) atoms. The first-order valence-corrected chi connectivity index (χ1v) is 5.12. The number of rotatable bonds is 4. The van der Waals surface area contributed by atoms with Crippen LogP contribution in [-0.2, 0) is 11.3 Å². The van der Waals surface area contributed by atoms with Crippen LogP contribution < -0.4 is 10.6 Å². The summed E-state index contributed by atoms with van der Waals surface area (Å²) < 4.78 is 1.03. The fourth-order valence-corrected chi connectivity index (χ4v) is 1.09. The van der Waals surface area contributed by atoms with Crippen molar-refractivity contribution in [3.63, 3.8) is 0 Å². The molecular formula is C9H13N5O4. The van der Waals surface area contributed by atoms with E-state index in [1.54, 1.807) is 13.8 Å². The number of amides is 3. The number of carboxylic acid groups (broad SMARTS) is 1. The third kappa shape index (κ3) is 4.20. The van der Waals surface area contributed by atoms with Gasteiger partial charge in [0.05, 0.1) is 6.20 Å². The quantitative estimate of drug-likeness (QED) is 0.647. The number of carbonyl (C=O) groups is 3. The Morgan fingerprint density at radius 2 is 2.11 bits per heavy atom. The van der Waals surface area contributed by atoms with Crippen LogP contribution in [0.4, 0.5) is 4.79 Å². The maximum absolute atomic E-state index is 11.4. The molecule has 0 aliphatic heterocycles. The van der Waals surface area contributed by atoms with Crippen molar-refractivity contribution in [1.82, 2.24) is 25.6 Å². The van der Waals surface area contributed by atoms with Crippen LogP contribution in [0.5, 0.6) is 0 Å². The van der Waals surface area contributed by atoms with Gasteiger partial charge in [0.25, 0.3) is 0 Å². The highest BCUT2D eigenvalue weighted by molar-refractivity contribution is 5.94. The Morgan fingerprint density at radius 3 is 2.61 bits per heavy atom. The number of hydrogen-bond donors (Lipinski definition) is 3. The monoisotopic (exact) mass is 255 g/mol. The van der Waals surface area contributed by atoms with E-state index in [4.69, 9.17) is 5.11 Å². The van der Waals surface area contributed by atoms with Gasteiger partial charge in [0.2, 0.25) is 5.91 Å². The first-order chi connectivity index (χ1) is 8.38. The van der Waals surface area contributed by atoms with Crippen LogP contribution in [0.25, 0.3) is 0 Å². The average molecular weight is 255 g/mol. The molecule has 0 atom stereocenters. The van der Waals surface area contributed by atoms with Crippen molar-refractivity contribution >= 4 is 17.9 Å². The number of imide groups is 1. The summed E-state index contributed by atoms with van der Waals surface area (Å²) in [4.78, 5) is 33.1. The molecule has 1 heterocycles. The van der Waals surface area contributed by atoms with Gasteiger partial charge in [-0.25, -0.2) is 14.3 Å². The molecule has 9 nitrogen and oxygen atoms in total. The molecule has 1 aromatic rings. The molecule has 0 bridgehead atoms. The number of aromatic carboxylic acids is 1. The van der Waals surface area contributed by atoms with Crippen molar-refractivity contribution in [2.45, 2.75) is 26.4 Å². The number of carboxylic acids is 1. The number of hydrogen-bond acceptors (Lipinski definition) is 5. The van der Waals surface area contributed by atoms with Gasteiger partial charge in [-0.15, -0.1) is 5.10 Å². The Bertz CT molecular complexity index is 467. The van der Waals surface area contributed by atoms with Gasteiger partial charge in [-0.2, -0.15) is 0 Å². The van der Waals surface area contributed by atoms with Crippen molar-refractivity contribution in [3.8, 4) is 0 Å². The maximum atomic E-state index is 11.4. The van der Waals surface area contributed by atoms with Gasteiger partial charge in [-0.05, 0) is 13.8 Å². The van der Waals surface area contributed by atoms with E-state index in [-0.39, 0.29) is 18.3 Å². The van der Waals surface area contributed by atoms with Crippen molar-refractivity contribution in [2.24, 2.45) is 0 Å². The Balaban J connectivity index is 2.49. The SMILES string of the molecule is CC(C)NC(=O)NC(=O)Cn1cc(C(=O)O)nn1. The smallest absolute Gasteiger partial charge is 0.358 e. The minimum atomic E-state index is -1.24. The highest BCUT2D eigenvalue weighted by Crippen LogP contribution is 1.92. The lowest BCUT2D eigenvalue weighted by Crippen LogP contribution is -2.43. The lowest BCUT2D eigenvalue weighted by atomic mass is 10.4. The number of aromatic nitrogens is 3. The summed E-state index contributed by atoms with van der Waals surface area (Å²) in [5, 5.41) is 19.9. The summed E-state index contributed by atoms with van der Waals surface area (Å²) in [6.45, 7) is 3.22. The second kappa shape index (κ2) is 5.75. The Kier molecular flexibility index (Phi) is 4.35. The van der Waals surface area contributed by atoms with Crippen molar-refractivity contribution in [3.05, 3.63) is 11.9 Å². The van der Waals surface area contributed by atoms with Gasteiger partial charge in [0, 0.05) is 6.04 Å². The molecule has 3 N–H and O–H groups in total. The number of nitrogens with one attached hydrogen (secondary N) is 2. The van der Waals surface area contributed by atoms with E-state index in [0.717, 1.165) is 10.9 Å². The third-order valence-corrected chi connectivity index (χ3v) is 1.74. The zero-order valence-corrected chi connectivity index (χ0v) is 9.88. The van der Waals surface area contributed by atoms with Crippen molar-refractivity contribution in [1.29, 1.82) is 0 Å². The molecule has 0 aliphatic rings. The van der Waals surface area contributed by atoms with Gasteiger partial charge in [0.15, 0.2) is 5.69 Å². The van der Waals surface area contributed by atoms with Crippen LogP contribution in [0.15, 0.2) is 6.20 Å². The van der Waals surface area contributed by atoms with Crippen LogP contribution in [0.1, 0.15) is 24.3 Å². The second-order valence-electron chi connectivity index (χ2n) is 3.78. The number of urea groups is 1. The van der Waals surface area contributed by atoms with E-state index >= 15 is 0 Å². The Morgan fingerprint density at radius 1 is 1.44 bits per heavy atom. The fourth-order valence-electron chi connectivity index (χ4n) is 1.09. The molecule has 1 aromatic heterocycles. The van der Waals surface area contributed by atoms with Crippen LogP contribution in [-0.4, -0.2) is 44.0 Å². The van der Waals surface area contributed by atoms with E-state index in [1.807, 2.05) is 0 Å². The zero-order chi connectivity index (χ0) is 13.7.